The maximum atomic E-state index is 12.4. The summed E-state index contributed by atoms with van der Waals surface area (Å²) in [6.45, 7) is 13.6. The van der Waals surface area contributed by atoms with Crippen LogP contribution in [-0.2, 0) is 13.0 Å². The number of Topliss-reactive ketones (excluding diaryl/α,β-unsaturated/α-hetero) is 1. The van der Waals surface area contributed by atoms with Gasteiger partial charge in [-0.3, -0.25) is 4.79 Å². The molecule has 0 heterocycles. The molecule has 5 heteroatoms. The first-order valence-corrected chi connectivity index (χ1v) is 10.8. The van der Waals surface area contributed by atoms with Crippen molar-refractivity contribution in [2.45, 2.75) is 60.9 Å². The number of hydrogen-bond donors (Lipinski definition) is 2. The molecule has 2 aromatic rings. The fourth-order valence-corrected chi connectivity index (χ4v) is 3.47. The van der Waals surface area contributed by atoms with E-state index in [2.05, 4.69) is 46.0 Å². The number of rotatable bonds is 6. The fourth-order valence-electron chi connectivity index (χ4n) is 2.95. The average molecular weight is 437 g/mol. The van der Waals surface area contributed by atoms with Crippen molar-refractivity contribution in [2.24, 2.45) is 11.1 Å². The summed E-state index contributed by atoms with van der Waals surface area (Å²) in [5.74, 6) is 0.119. The Morgan fingerprint density at radius 3 is 2.14 bits per heavy atom. The smallest absolute Gasteiger partial charge is 0.163 e. The van der Waals surface area contributed by atoms with E-state index in [4.69, 9.17) is 28.9 Å². The number of ketones is 1. The molecular formula is C24H34Cl2N2O. The van der Waals surface area contributed by atoms with Gasteiger partial charge in [0.2, 0.25) is 0 Å². The molecule has 2 rings (SSSR count). The summed E-state index contributed by atoms with van der Waals surface area (Å²) in [5.41, 5.74) is 9.78. The Hall–Kier alpha value is -1.55. The van der Waals surface area contributed by atoms with Gasteiger partial charge in [0, 0.05) is 23.6 Å². The van der Waals surface area contributed by atoms with Gasteiger partial charge in [0.05, 0.1) is 10.7 Å². The second-order valence-corrected chi connectivity index (χ2v) is 9.10. The number of nitrogens with two attached hydrogens (primary N) is 1. The summed E-state index contributed by atoms with van der Waals surface area (Å²) < 4.78 is 0. The third-order valence-electron chi connectivity index (χ3n) is 4.43. The fraction of sp³-hybridized carbons (Fsp3) is 0.458. The van der Waals surface area contributed by atoms with Gasteiger partial charge in [0.25, 0.3) is 0 Å². The van der Waals surface area contributed by atoms with E-state index in [1.165, 1.54) is 5.56 Å². The van der Waals surface area contributed by atoms with Gasteiger partial charge < -0.3 is 11.1 Å². The molecule has 0 aliphatic heterocycles. The molecule has 0 fully saturated rings. The Balaban J connectivity index is 0.00000132. The molecule has 0 aliphatic rings. The molecule has 2 aromatic carbocycles. The van der Waals surface area contributed by atoms with Crippen LogP contribution >= 0.6 is 23.2 Å². The summed E-state index contributed by atoms with van der Waals surface area (Å²) in [5, 5.41) is 4.70. The quantitative estimate of drug-likeness (QED) is 0.476. The lowest BCUT2D eigenvalue weighted by molar-refractivity contribution is 0.0940. The Kier molecular flexibility index (Phi) is 10.2. The zero-order valence-corrected chi connectivity index (χ0v) is 20.0. The van der Waals surface area contributed by atoms with Crippen LogP contribution in [0, 0.1) is 12.3 Å². The van der Waals surface area contributed by atoms with Gasteiger partial charge in [0.1, 0.15) is 0 Å². The summed E-state index contributed by atoms with van der Waals surface area (Å²) in [7, 11) is 0. The minimum Gasteiger partial charge on any atom is -0.379 e. The van der Waals surface area contributed by atoms with Crippen molar-refractivity contribution in [1.29, 1.82) is 0 Å². The van der Waals surface area contributed by atoms with Crippen LogP contribution in [0.4, 0.5) is 5.69 Å². The van der Waals surface area contributed by atoms with Gasteiger partial charge in [-0.25, -0.2) is 0 Å². The number of carbonyl (C=O) groups is 1. The molecule has 0 saturated carbocycles. The minimum absolute atomic E-state index is 0.0393. The Bertz CT molecular complexity index is 826. The summed E-state index contributed by atoms with van der Waals surface area (Å²) in [6.07, 6.45) is 1.46. The number of nitrogens with one attached hydrogen (secondary N) is 1. The van der Waals surface area contributed by atoms with E-state index in [0.717, 1.165) is 29.8 Å². The van der Waals surface area contributed by atoms with Crippen LogP contribution in [0.3, 0.4) is 0 Å². The van der Waals surface area contributed by atoms with Gasteiger partial charge in [-0.2, -0.15) is 0 Å². The van der Waals surface area contributed by atoms with Gasteiger partial charge in [0.15, 0.2) is 5.78 Å². The van der Waals surface area contributed by atoms with Crippen LogP contribution in [0.25, 0.3) is 0 Å². The number of hydrogen-bond acceptors (Lipinski definition) is 3. The molecule has 0 amide bonds. The second-order valence-electron chi connectivity index (χ2n) is 8.29. The third-order valence-corrected chi connectivity index (χ3v) is 5.10. The van der Waals surface area contributed by atoms with Gasteiger partial charge in [-0.15, -0.1) is 0 Å². The van der Waals surface area contributed by atoms with Gasteiger partial charge in [-0.1, -0.05) is 76.0 Å². The predicted octanol–water partition coefficient (Wildman–Crippen LogP) is 7.06. The van der Waals surface area contributed by atoms with Crippen molar-refractivity contribution in [3.8, 4) is 0 Å². The number of benzene rings is 2. The molecular weight excluding hydrogens is 403 g/mol. The monoisotopic (exact) mass is 436 g/mol. The van der Waals surface area contributed by atoms with Crippen LogP contribution in [-0.4, -0.2) is 12.3 Å². The molecule has 29 heavy (non-hydrogen) atoms. The Morgan fingerprint density at radius 1 is 1.03 bits per heavy atom. The van der Waals surface area contributed by atoms with Crippen LogP contribution in [0.2, 0.25) is 10.0 Å². The van der Waals surface area contributed by atoms with Crippen LogP contribution in [0.1, 0.15) is 68.1 Å². The second kappa shape index (κ2) is 11.6. The van der Waals surface area contributed by atoms with E-state index >= 15 is 0 Å². The highest BCUT2D eigenvalue weighted by Gasteiger charge is 2.18. The molecule has 0 unspecified atom stereocenters. The molecule has 0 aromatic heterocycles. The molecule has 160 valence electrons. The zero-order chi connectivity index (χ0) is 22.2. The largest absolute Gasteiger partial charge is 0.379 e. The Labute approximate surface area is 186 Å². The van der Waals surface area contributed by atoms with Crippen molar-refractivity contribution < 1.29 is 4.79 Å². The van der Waals surface area contributed by atoms with E-state index in [1.54, 1.807) is 6.07 Å². The molecule has 0 radical (unpaired) electrons. The van der Waals surface area contributed by atoms with Crippen molar-refractivity contribution >= 4 is 34.7 Å². The van der Waals surface area contributed by atoms with Crippen molar-refractivity contribution in [2.75, 3.05) is 11.9 Å². The van der Waals surface area contributed by atoms with Gasteiger partial charge in [-0.05, 0) is 54.1 Å². The first-order valence-electron chi connectivity index (χ1n) is 10.1. The van der Waals surface area contributed by atoms with E-state index in [9.17, 15) is 4.79 Å². The maximum Gasteiger partial charge on any atom is 0.163 e. The molecule has 0 aliphatic carbocycles. The normalized spacial score (nSPS) is 10.9. The molecule has 3 nitrogen and oxygen atoms in total. The highest BCUT2D eigenvalue weighted by molar-refractivity contribution is 6.33. The molecule has 0 atom stereocenters. The maximum absolute atomic E-state index is 12.4. The lowest BCUT2D eigenvalue weighted by Crippen LogP contribution is -2.13. The summed E-state index contributed by atoms with van der Waals surface area (Å²) in [6, 6.07) is 9.52. The van der Waals surface area contributed by atoms with E-state index in [1.807, 2.05) is 25.1 Å². The Morgan fingerprint density at radius 2 is 1.62 bits per heavy atom. The summed E-state index contributed by atoms with van der Waals surface area (Å²) >= 11 is 12.8. The third kappa shape index (κ3) is 8.00. The number of aryl methyl sites for hydroxylation is 1. The van der Waals surface area contributed by atoms with Crippen molar-refractivity contribution in [1.82, 2.24) is 0 Å². The first-order chi connectivity index (χ1) is 13.5. The number of carbonyl (C=O) groups excluding carboxylic acids is 1. The van der Waals surface area contributed by atoms with Gasteiger partial charge >= 0.3 is 0 Å². The van der Waals surface area contributed by atoms with E-state index < -0.39 is 0 Å². The zero-order valence-electron chi connectivity index (χ0n) is 18.5. The van der Waals surface area contributed by atoms with E-state index in [-0.39, 0.29) is 11.2 Å². The summed E-state index contributed by atoms with van der Waals surface area (Å²) in [4.78, 5) is 12.4. The standard InChI is InChI=1S/C22H27Cl2NO.C2H7N/c1-6-15-9-10-18(23)21(14(15)2)25-13-17-8-7-16(11-19(17)24)20(26)12-22(3,4)5;1-2-3/h7-11,25H,6,12-13H2,1-5H3;2-3H2,1H3. The number of halogens is 2. The van der Waals surface area contributed by atoms with Crippen LogP contribution < -0.4 is 11.1 Å². The van der Waals surface area contributed by atoms with Crippen LogP contribution in [0.5, 0.6) is 0 Å². The molecule has 0 saturated heterocycles. The first kappa shape index (κ1) is 25.5. The minimum atomic E-state index is -0.0393. The van der Waals surface area contributed by atoms with Crippen LogP contribution in [0.15, 0.2) is 30.3 Å². The van der Waals surface area contributed by atoms with Crippen molar-refractivity contribution in [3.05, 3.63) is 62.6 Å². The average Bonchev–Trinajstić information content (AvgIpc) is 2.62. The van der Waals surface area contributed by atoms with E-state index in [0.29, 0.717) is 28.6 Å². The lowest BCUT2D eigenvalue weighted by atomic mass is 9.88. The SMILES string of the molecule is CCN.CCc1ccc(Cl)c(NCc2ccc(C(=O)CC(C)(C)C)cc2Cl)c1C. The highest BCUT2D eigenvalue weighted by atomic mass is 35.5. The predicted molar refractivity (Wildman–Crippen MR) is 127 cm³/mol. The topological polar surface area (TPSA) is 55.1 Å². The molecule has 0 bridgehead atoms. The highest BCUT2D eigenvalue weighted by Crippen LogP contribution is 2.30. The molecule has 3 N–H and O–H groups in total. The van der Waals surface area contributed by atoms with Crippen molar-refractivity contribution in [3.63, 3.8) is 0 Å². The number of anilines is 1. The molecule has 0 spiro atoms. The lowest BCUT2D eigenvalue weighted by Gasteiger charge is -2.17.